The molecule has 27 heavy (non-hydrogen) atoms. The number of nitrogens with zero attached hydrogens (tertiary/aromatic N) is 1. The number of nitro groups is 1. The number of allylic oxidation sites excluding steroid dienone is 2. The first kappa shape index (κ1) is 17.3. The summed E-state index contributed by atoms with van der Waals surface area (Å²) in [6.45, 7) is 0. The number of hydrogen-bond acceptors (Lipinski definition) is 5. The molecule has 1 aliphatic heterocycles. The zero-order chi connectivity index (χ0) is 19.1. The van der Waals surface area contributed by atoms with Crippen LogP contribution in [-0.2, 0) is 0 Å². The summed E-state index contributed by atoms with van der Waals surface area (Å²) < 4.78 is 25.3. The molecule has 4 rings (SSSR count). The van der Waals surface area contributed by atoms with Crippen LogP contribution in [0.5, 0.6) is 11.5 Å². The molecule has 0 bridgehead atoms. The van der Waals surface area contributed by atoms with Gasteiger partial charge in [-0.1, -0.05) is 18.2 Å². The largest absolute Gasteiger partial charge is 0.493 e. The lowest BCUT2D eigenvalue weighted by Gasteiger charge is -2.37. The maximum absolute atomic E-state index is 14.6. The smallest absolute Gasteiger partial charge is 0.275 e. The van der Waals surface area contributed by atoms with Crippen LogP contribution in [0, 0.1) is 21.8 Å². The van der Waals surface area contributed by atoms with E-state index in [1.807, 2.05) is 30.4 Å². The number of rotatable bonds is 4. The molecule has 2 aromatic carbocycles. The first-order valence-electron chi connectivity index (χ1n) is 8.67. The maximum atomic E-state index is 14.6. The zero-order valence-electron chi connectivity index (χ0n) is 14.9. The first-order chi connectivity index (χ1) is 13.0. The lowest BCUT2D eigenvalue weighted by Crippen LogP contribution is -2.30. The third-order valence-electron chi connectivity index (χ3n) is 5.41. The van der Waals surface area contributed by atoms with Crippen LogP contribution in [0.1, 0.15) is 29.5 Å². The number of nitrogens with one attached hydrogen (secondary N) is 1. The van der Waals surface area contributed by atoms with Crippen molar-refractivity contribution in [1.29, 1.82) is 0 Å². The van der Waals surface area contributed by atoms with Crippen LogP contribution in [-0.4, -0.2) is 19.1 Å². The molecule has 2 aromatic rings. The van der Waals surface area contributed by atoms with Crippen molar-refractivity contribution in [2.24, 2.45) is 5.92 Å². The van der Waals surface area contributed by atoms with E-state index in [0.717, 1.165) is 18.1 Å². The van der Waals surface area contributed by atoms with Gasteiger partial charge in [0.05, 0.1) is 36.4 Å². The lowest BCUT2D eigenvalue weighted by atomic mass is 9.76. The Morgan fingerprint density at radius 3 is 2.67 bits per heavy atom. The maximum Gasteiger partial charge on any atom is 0.275 e. The standard InChI is InChI=1S/C20H19FN2O4/c1-26-16-9-6-11(10-17(16)27-2)19-13-5-3-4-12(13)18-15(23(24)25)8-7-14(21)20(18)22-19/h3-4,6-10,12-13,19,22H,5H2,1-2H3. The van der Waals surface area contributed by atoms with Gasteiger partial charge in [0.25, 0.3) is 5.69 Å². The van der Waals surface area contributed by atoms with Gasteiger partial charge in [0.15, 0.2) is 11.5 Å². The summed E-state index contributed by atoms with van der Waals surface area (Å²) in [4.78, 5) is 11.0. The van der Waals surface area contributed by atoms with Gasteiger partial charge in [0.1, 0.15) is 5.82 Å². The molecule has 6 nitrogen and oxygen atoms in total. The number of benzene rings is 2. The minimum Gasteiger partial charge on any atom is -0.493 e. The Morgan fingerprint density at radius 2 is 1.96 bits per heavy atom. The number of halogens is 1. The van der Waals surface area contributed by atoms with Crippen molar-refractivity contribution < 1.29 is 18.8 Å². The Balaban J connectivity index is 1.83. The summed E-state index contributed by atoms with van der Waals surface area (Å²) >= 11 is 0. The molecule has 140 valence electrons. The van der Waals surface area contributed by atoms with Crippen LogP contribution in [0.25, 0.3) is 0 Å². The Morgan fingerprint density at radius 1 is 1.19 bits per heavy atom. The Hall–Kier alpha value is -3.09. The number of hydrogen-bond donors (Lipinski definition) is 1. The van der Waals surface area contributed by atoms with Crippen molar-refractivity contribution in [2.75, 3.05) is 19.5 Å². The van der Waals surface area contributed by atoms with Gasteiger partial charge in [-0.15, -0.1) is 0 Å². The summed E-state index contributed by atoms with van der Waals surface area (Å²) in [6, 6.07) is 7.78. The van der Waals surface area contributed by atoms with E-state index in [1.54, 1.807) is 14.2 Å². The number of anilines is 1. The van der Waals surface area contributed by atoms with E-state index in [1.165, 1.54) is 6.07 Å². The summed E-state index contributed by atoms with van der Waals surface area (Å²) in [5.74, 6) is 0.552. The fraction of sp³-hybridized carbons (Fsp3) is 0.300. The van der Waals surface area contributed by atoms with Crippen LogP contribution in [0.2, 0.25) is 0 Å². The molecule has 0 amide bonds. The monoisotopic (exact) mass is 370 g/mol. The molecule has 2 aliphatic rings. The molecule has 0 radical (unpaired) electrons. The highest BCUT2D eigenvalue weighted by molar-refractivity contribution is 5.68. The molecule has 7 heteroatoms. The number of ether oxygens (including phenoxy) is 2. The van der Waals surface area contributed by atoms with Gasteiger partial charge in [-0.25, -0.2) is 4.39 Å². The summed E-state index contributed by atoms with van der Waals surface area (Å²) in [5.41, 5.74) is 1.50. The number of methoxy groups -OCH3 is 2. The minimum atomic E-state index is -0.486. The second-order valence-corrected chi connectivity index (χ2v) is 6.70. The molecular weight excluding hydrogens is 351 g/mol. The quantitative estimate of drug-likeness (QED) is 0.484. The Labute approximate surface area is 155 Å². The fourth-order valence-corrected chi connectivity index (χ4v) is 4.19. The predicted octanol–water partition coefficient (Wildman–Crippen LogP) is 4.58. The molecule has 1 heterocycles. The summed E-state index contributed by atoms with van der Waals surface area (Å²) in [6.07, 6.45) is 4.71. The predicted molar refractivity (Wildman–Crippen MR) is 99.0 cm³/mol. The molecule has 3 atom stereocenters. The SMILES string of the molecule is COc1ccc(C2Nc3c(F)ccc([N+](=O)[O-])c3C3C=CCC32)cc1OC. The molecule has 0 saturated heterocycles. The van der Waals surface area contributed by atoms with E-state index in [-0.39, 0.29) is 29.3 Å². The van der Waals surface area contributed by atoms with Crippen LogP contribution in [0.15, 0.2) is 42.5 Å². The second-order valence-electron chi connectivity index (χ2n) is 6.70. The van der Waals surface area contributed by atoms with Gasteiger partial charge < -0.3 is 14.8 Å². The first-order valence-corrected chi connectivity index (χ1v) is 8.67. The van der Waals surface area contributed by atoms with Gasteiger partial charge >= 0.3 is 0 Å². The second kappa shape index (κ2) is 6.57. The Kier molecular flexibility index (Phi) is 4.22. The average molecular weight is 370 g/mol. The van der Waals surface area contributed by atoms with E-state index in [0.29, 0.717) is 17.1 Å². The molecule has 3 unspecified atom stereocenters. The van der Waals surface area contributed by atoms with Crippen molar-refractivity contribution >= 4 is 11.4 Å². The third kappa shape index (κ3) is 2.70. The normalized spacial score (nSPS) is 22.6. The van der Waals surface area contributed by atoms with Crippen LogP contribution in [0.3, 0.4) is 0 Å². The highest BCUT2D eigenvalue weighted by atomic mass is 19.1. The van der Waals surface area contributed by atoms with Crippen molar-refractivity contribution in [1.82, 2.24) is 0 Å². The van der Waals surface area contributed by atoms with E-state index in [9.17, 15) is 14.5 Å². The van der Waals surface area contributed by atoms with Gasteiger partial charge in [0, 0.05) is 12.0 Å². The minimum absolute atomic E-state index is 0.0498. The molecule has 0 spiro atoms. The van der Waals surface area contributed by atoms with E-state index in [2.05, 4.69) is 5.32 Å². The number of fused-ring (bicyclic) bond motifs is 3. The van der Waals surface area contributed by atoms with Crippen molar-refractivity contribution in [3.63, 3.8) is 0 Å². The van der Waals surface area contributed by atoms with Gasteiger partial charge in [-0.05, 0) is 36.1 Å². The summed E-state index contributed by atoms with van der Waals surface area (Å²) in [7, 11) is 3.13. The van der Waals surface area contributed by atoms with E-state index >= 15 is 0 Å². The molecular formula is C20H19FN2O4. The average Bonchev–Trinajstić information content (AvgIpc) is 3.17. The van der Waals surface area contributed by atoms with Crippen LogP contribution < -0.4 is 14.8 Å². The van der Waals surface area contributed by atoms with Gasteiger partial charge in [-0.3, -0.25) is 10.1 Å². The molecule has 0 fully saturated rings. The lowest BCUT2D eigenvalue weighted by molar-refractivity contribution is -0.385. The molecule has 1 N–H and O–H groups in total. The van der Waals surface area contributed by atoms with Crippen molar-refractivity contribution in [3.05, 3.63) is 69.5 Å². The van der Waals surface area contributed by atoms with Gasteiger partial charge in [-0.2, -0.15) is 0 Å². The third-order valence-corrected chi connectivity index (χ3v) is 5.41. The van der Waals surface area contributed by atoms with Crippen LogP contribution in [0.4, 0.5) is 15.8 Å². The summed E-state index contributed by atoms with van der Waals surface area (Å²) in [5, 5.41) is 14.7. The zero-order valence-corrected chi connectivity index (χ0v) is 14.9. The highest BCUT2D eigenvalue weighted by Gasteiger charge is 2.42. The van der Waals surface area contributed by atoms with Gasteiger partial charge in [0.2, 0.25) is 0 Å². The Bertz CT molecular complexity index is 944. The van der Waals surface area contributed by atoms with E-state index in [4.69, 9.17) is 9.47 Å². The molecule has 0 saturated carbocycles. The fourth-order valence-electron chi connectivity index (χ4n) is 4.19. The van der Waals surface area contributed by atoms with E-state index < -0.39 is 10.7 Å². The van der Waals surface area contributed by atoms with Crippen LogP contribution >= 0.6 is 0 Å². The molecule has 1 aliphatic carbocycles. The highest BCUT2D eigenvalue weighted by Crippen LogP contribution is 2.53. The number of nitro benzene ring substituents is 1. The molecule has 0 aromatic heterocycles. The topological polar surface area (TPSA) is 73.6 Å². The van der Waals surface area contributed by atoms with Crippen molar-refractivity contribution in [2.45, 2.75) is 18.4 Å². The van der Waals surface area contributed by atoms with Crippen molar-refractivity contribution in [3.8, 4) is 11.5 Å².